The van der Waals surface area contributed by atoms with Crippen molar-refractivity contribution in [3.8, 4) is 0 Å². The molecule has 0 spiro atoms. The molecule has 1 aliphatic rings. The van der Waals surface area contributed by atoms with Crippen LogP contribution in [0.3, 0.4) is 0 Å². The first-order valence-electron chi connectivity index (χ1n) is 7.34. The molecule has 1 atom stereocenters. The molecule has 1 aromatic carbocycles. The van der Waals surface area contributed by atoms with Crippen LogP contribution in [0.25, 0.3) is 0 Å². The summed E-state index contributed by atoms with van der Waals surface area (Å²) in [6.45, 7) is 8.27. The SMILES string of the molecule is CC(N=C1NS(=O)(=O)c2ccccc21)c1nc(C(C)(C)C)cs1. The number of aromatic nitrogens is 1. The number of benzene rings is 1. The van der Waals surface area contributed by atoms with Crippen LogP contribution >= 0.6 is 11.3 Å². The molecule has 3 rings (SSSR count). The lowest BCUT2D eigenvalue weighted by molar-refractivity contribution is 0.569. The molecule has 5 nitrogen and oxygen atoms in total. The average molecular weight is 349 g/mol. The van der Waals surface area contributed by atoms with E-state index in [1.54, 1.807) is 29.5 Å². The molecule has 2 aromatic rings. The van der Waals surface area contributed by atoms with Crippen molar-refractivity contribution in [2.75, 3.05) is 0 Å². The third kappa shape index (κ3) is 3.03. The smallest absolute Gasteiger partial charge is 0.263 e. The zero-order chi connectivity index (χ0) is 16.8. The molecule has 0 radical (unpaired) electrons. The summed E-state index contributed by atoms with van der Waals surface area (Å²) in [6, 6.07) is 6.66. The highest BCUT2D eigenvalue weighted by Gasteiger charge is 2.31. The van der Waals surface area contributed by atoms with Gasteiger partial charge in [-0.25, -0.2) is 13.4 Å². The lowest BCUT2D eigenvalue weighted by atomic mass is 9.93. The molecular weight excluding hydrogens is 330 g/mol. The molecule has 0 saturated carbocycles. The van der Waals surface area contributed by atoms with Crippen LogP contribution in [0.15, 0.2) is 39.5 Å². The number of amidine groups is 1. The molecule has 1 N–H and O–H groups in total. The second-order valence-electron chi connectivity index (χ2n) is 6.58. The fraction of sp³-hybridized carbons (Fsp3) is 0.375. The molecule has 0 amide bonds. The number of hydrogen-bond donors (Lipinski definition) is 1. The minimum absolute atomic E-state index is 0.0108. The van der Waals surface area contributed by atoms with Crippen LogP contribution in [-0.2, 0) is 15.4 Å². The van der Waals surface area contributed by atoms with Crippen molar-refractivity contribution >= 4 is 27.2 Å². The van der Waals surface area contributed by atoms with Crippen molar-refractivity contribution in [3.05, 3.63) is 45.9 Å². The van der Waals surface area contributed by atoms with Crippen molar-refractivity contribution in [2.24, 2.45) is 4.99 Å². The molecule has 1 aromatic heterocycles. The van der Waals surface area contributed by atoms with Crippen LogP contribution in [-0.4, -0.2) is 19.2 Å². The molecule has 1 aliphatic heterocycles. The summed E-state index contributed by atoms with van der Waals surface area (Å²) in [4.78, 5) is 9.48. The summed E-state index contributed by atoms with van der Waals surface area (Å²) in [5.74, 6) is 0.389. The van der Waals surface area contributed by atoms with Crippen LogP contribution in [0.4, 0.5) is 0 Å². The first-order chi connectivity index (χ1) is 10.7. The fourth-order valence-electron chi connectivity index (χ4n) is 2.30. The molecule has 122 valence electrons. The normalized spacial score (nSPS) is 19.4. The summed E-state index contributed by atoms with van der Waals surface area (Å²) in [7, 11) is -3.50. The van der Waals surface area contributed by atoms with Crippen LogP contribution < -0.4 is 4.72 Å². The minimum atomic E-state index is -3.50. The van der Waals surface area contributed by atoms with Gasteiger partial charge in [0, 0.05) is 16.4 Å². The van der Waals surface area contributed by atoms with E-state index in [0.29, 0.717) is 11.4 Å². The largest absolute Gasteiger partial charge is 0.263 e. The molecular formula is C16H19N3O2S2. The Hall–Kier alpha value is -1.73. The lowest BCUT2D eigenvalue weighted by Gasteiger charge is -2.14. The van der Waals surface area contributed by atoms with E-state index in [2.05, 4.69) is 35.5 Å². The third-order valence-corrected chi connectivity index (χ3v) is 6.05. The second-order valence-corrected chi connectivity index (χ2v) is 9.12. The second kappa shape index (κ2) is 5.42. The van der Waals surface area contributed by atoms with E-state index >= 15 is 0 Å². The number of thiazole rings is 1. The molecule has 7 heteroatoms. The molecule has 0 fully saturated rings. The topological polar surface area (TPSA) is 71.4 Å². The average Bonchev–Trinajstić information content (AvgIpc) is 3.04. The summed E-state index contributed by atoms with van der Waals surface area (Å²) in [5.41, 5.74) is 1.63. The van der Waals surface area contributed by atoms with Crippen LogP contribution in [0.1, 0.15) is 50.0 Å². The molecule has 0 bridgehead atoms. The number of hydrogen-bond acceptors (Lipinski definition) is 5. The summed E-state index contributed by atoms with van der Waals surface area (Å²) < 4.78 is 26.8. The van der Waals surface area contributed by atoms with Gasteiger partial charge in [-0.05, 0) is 19.1 Å². The maximum Gasteiger partial charge on any atom is 0.263 e. The number of sulfonamides is 1. The number of aliphatic imine (C=N–C) groups is 1. The number of fused-ring (bicyclic) bond motifs is 1. The van der Waals surface area contributed by atoms with Crippen LogP contribution in [0, 0.1) is 0 Å². The molecule has 1 unspecified atom stereocenters. The van der Waals surface area contributed by atoms with Gasteiger partial charge >= 0.3 is 0 Å². The summed E-state index contributed by atoms with van der Waals surface area (Å²) in [5, 5.41) is 2.92. The zero-order valence-corrected chi connectivity index (χ0v) is 15.1. The van der Waals surface area contributed by atoms with Gasteiger partial charge in [0.25, 0.3) is 10.0 Å². The van der Waals surface area contributed by atoms with Crippen molar-refractivity contribution < 1.29 is 8.42 Å². The predicted molar refractivity (Wildman–Crippen MR) is 92.5 cm³/mol. The van der Waals surface area contributed by atoms with Crippen molar-refractivity contribution in [1.29, 1.82) is 0 Å². The standard InChI is InChI=1S/C16H19N3O2S2/c1-10(15-18-13(9-22-15)16(2,3)4)17-14-11-7-5-6-8-12(11)23(20,21)19-14/h5-10H,1-4H3,(H,17,19). The lowest BCUT2D eigenvalue weighted by Crippen LogP contribution is -2.22. The van der Waals surface area contributed by atoms with Gasteiger partial charge in [-0.3, -0.25) is 9.71 Å². The van der Waals surface area contributed by atoms with E-state index in [1.165, 1.54) is 0 Å². The molecule has 23 heavy (non-hydrogen) atoms. The Morgan fingerprint density at radius 1 is 1.26 bits per heavy atom. The predicted octanol–water partition coefficient (Wildman–Crippen LogP) is 3.24. The highest BCUT2D eigenvalue weighted by molar-refractivity contribution is 7.90. The van der Waals surface area contributed by atoms with Crippen LogP contribution in [0.5, 0.6) is 0 Å². The fourth-order valence-corrected chi connectivity index (χ4v) is 4.58. The zero-order valence-electron chi connectivity index (χ0n) is 13.5. The van der Waals surface area contributed by atoms with Gasteiger partial charge in [0.15, 0.2) is 0 Å². The molecule has 0 aliphatic carbocycles. The molecule has 0 saturated heterocycles. The van der Waals surface area contributed by atoms with Crippen molar-refractivity contribution in [1.82, 2.24) is 9.71 Å². The Balaban J connectivity index is 1.95. The van der Waals surface area contributed by atoms with Crippen LogP contribution in [0.2, 0.25) is 0 Å². The highest BCUT2D eigenvalue weighted by atomic mass is 32.2. The number of nitrogens with zero attached hydrogens (tertiary/aromatic N) is 2. The van der Waals surface area contributed by atoms with Gasteiger partial charge in [0.2, 0.25) is 0 Å². The Kier molecular flexibility index (Phi) is 3.80. The van der Waals surface area contributed by atoms with E-state index in [0.717, 1.165) is 10.7 Å². The Morgan fingerprint density at radius 3 is 2.61 bits per heavy atom. The first-order valence-corrected chi connectivity index (χ1v) is 9.71. The Morgan fingerprint density at radius 2 is 1.96 bits per heavy atom. The van der Waals surface area contributed by atoms with Gasteiger partial charge in [-0.2, -0.15) is 0 Å². The van der Waals surface area contributed by atoms with Gasteiger partial charge < -0.3 is 0 Å². The third-order valence-electron chi connectivity index (χ3n) is 3.63. The monoisotopic (exact) mass is 349 g/mol. The summed E-state index contributed by atoms with van der Waals surface area (Å²) in [6.07, 6.45) is 0. The minimum Gasteiger partial charge on any atom is -0.263 e. The van der Waals surface area contributed by atoms with Crippen molar-refractivity contribution in [3.63, 3.8) is 0 Å². The van der Waals surface area contributed by atoms with Gasteiger partial charge in [0.05, 0.1) is 10.6 Å². The van der Waals surface area contributed by atoms with Gasteiger partial charge in [-0.1, -0.05) is 32.9 Å². The summed E-state index contributed by atoms with van der Waals surface area (Å²) >= 11 is 1.55. The maximum absolute atomic E-state index is 12.1. The van der Waals surface area contributed by atoms with Gasteiger partial charge in [-0.15, -0.1) is 11.3 Å². The maximum atomic E-state index is 12.1. The number of nitrogens with one attached hydrogen (secondary N) is 1. The number of rotatable bonds is 2. The van der Waals surface area contributed by atoms with E-state index < -0.39 is 10.0 Å². The van der Waals surface area contributed by atoms with Gasteiger partial charge in [0.1, 0.15) is 16.9 Å². The Labute approximate surface area is 140 Å². The van der Waals surface area contributed by atoms with E-state index in [9.17, 15) is 8.42 Å². The van der Waals surface area contributed by atoms with E-state index in [1.807, 2.05) is 18.4 Å². The van der Waals surface area contributed by atoms with E-state index in [-0.39, 0.29) is 16.4 Å². The quantitative estimate of drug-likeness (QED) is 0.905. The highest BCUT2D eigenvalue weighted by Crippen LogP contribution is 2.30. The van der Waals surface area contributed by atoms with E-state index in [4.69, 9.17) is 0 Å². The van der Waals surface area contributed by atoms with Crippen molar-refractivity contribution in [2.45, 2.75) is 44.0 Å². The Bertz CT molecular complexity index is 877. The first kappa shape index (κ1) is 16.1. The molecule has 2 heterocycles.